The van der Waals surface area contributed by atoms with Gasteiger partial charge in [-0.05, 0) is 32.9 Å². The molecule has 0 bridgehead atoms. The van der Waals surface area contributed by atoms with E-state index in [1.165, 1.54) is 0 Å². The van der Waals surface area contributed by atoms with Crippen molar-refractivity contribution in [2.45, 2.75) is 26.8 Å². The average Bonchev–Trinajstić information content (AvgIpc) is 2.92. The zero-order valence-corrected chi connectivity index (χ0v) is 14.3. The zero-order chi connectivity index (χ0) is 17.3. The van der Waals surface area contributed by atoms with E-state index < -0.39 is 0 Å². The molecule has 3 aromatic rings. The summed E-state index contributed by atoms with van der Waals surface area (Å²) in [6.45, 7) is 5.85. The van der Waals surface area contributed by atoms with E-state index in [0.29, 0.717) is 5.76 Å². The third-order valence-corrected chi connectivity index (χ3v) is 4.25. The summed E-state index contributed by atoms with van der Waals surface area (Å²) in [7, 11) is 1.63. The van der Waals surface area contributed by atoms with E-state index in [9.17, 15) is 4.79 Å². The minimum absolute atomic E-state index is 0.194. The first kappa shape index (κ1) is 16.1. The van der Waals surface area contributed by atoms with Gasteiger partial charge in [0, 0.05) is 16.5 Å². The molecular weight excluding hydrogens is 302 g/mol. The second-order valence-electron chi connectivity index (χ2n) is 5.99. The fourth-order valence-corrected chi connectivity index (χ4v) is 2.92. The Balaban J connectivity index is 1.88. The monoisotopic (exact) mass is 323 g/mol. The molecule has 0 aliphatic carbocycles. The third-order valence-electron chi connectivity index (χ3n) is 4.25. The highest BCUT2D eigenvalue weighted by molar-refractivity contribution is 5.99. The second kappa shape index (κ2) is 6.40. The summed E-state index contributed by atoms with van der Waals surface area (Å²) in [6.07, 6.45) is 0. The summed E-state index contributed by atoms with van der Waals surface area (Å²) < 4.78 is 11.1. The Bertz CT molecular complexity index is 895. The molecule has 1 N–H and O–H groups in total. The van der Waals surface area contributed by atoms with E-state index in [1.807, 2.05) is 63.2 Å². The van der Waals surface area contributed by atoms with Crippen LogP contribution >= 0.6 is 0 Å². The molecule has 1 unspecified atom stereocenters. The van der Waals surface area contributed by atoms with Gasteiger partial charge in [-0.15, -0.1) is 0 Å². The van der Waals surface area contributed by atoms with Crippen molar-refractivity contribution in [1.29, 1.82) is 0 Å². The quantitative estimate of drug-likeness (QED) is 0.766. The molecule has 1 aromatic heterocycles. The van der Waals surface area contributed by atoms with Crippen LogP contribution in [0.4, 0.5) is 0 Å². The first-order valence-electron chi connectivity index (χ1n) is 7.94. The molecule has 1 amide bonds. The lowest BCUT2D eigenvalue weighted by atomic mass is 10.0. The summed E-state index contributed by atoms with van der Waals surface area (Å²) >= 11 is 0. The molecule has 0 radical (unpaired) electrons. The number of amides is 1. The highest BCUT2D eigenvalue weighted by Crippen LogP contribution is 2.28. The van der Waals surface area contributed by atoms with Gasteiger partial charge in [0.15, 0.2) is 5.76 Å². The first-order valence-corrected chi connectivity index (χ1v) is 7.94. The summed E-state index contributed by atoms with van der Waals surface area (Å²) in [6, 6.07) is 13.4. The van der Waals surface area contributed by atoms with Crippen molar-refractivity contribution in [2.24, 2.45) is 0 Å². The van der Waals surface area contributed by atoms with Gasteiger partial charge >= 0.3 is 0 Å². The van der Waals surface area contributed by atoms with Crippen molar-refractivity contribution in [3.63, 3.8) is 0 Å². The minimum atomic E-state index is -0.222. The molecular formula is C20H21NO3. The minimum Gasteiger partial charge on any atom is -0.496 e. The maximum atomic E-state index is 12.7. The SMILES string of the molecule is COc1ccc(C)cc1C(C)NC(=O)c1oc2ccccc2c1C. The number of ether oxygens (including phenoxy) is 1. The molecule has 0 aliphatic heterocycles. The molecule has 0 saturated heterocycles. The van der Waals surface area contributed by atoms with Crippen LogP contribution in [-0.4, -0.2) is 13.0 Å². The molecule has 0 saturated carbocycles. The van der Waals surface area contributed by atoms with Gasteiger partial charge in [-0.3, -0.25) is 4.79 Å². The maximum absolute atomic E-state index is 12.7. The van der Waals surface area contributed by atoms with E-state index in [4.69, 9.17) is 9.15 Å². The standard InChI is InChI=1S/C20H21NO3/c1-12-9-10-17(23-4)16(11-12)14(3)21-20(22)19-13(2)15-7-5-6-8-18(15)24-19/h5-11,14H,1-4H3,(H,21,22). The Morgan fingerprint density at radius 2 is 1.92 bits per heavy atom. The van der Waals surface area contributed by atoms with E-state index in [-0.39, 0.29) is 11.9 Å². The molecule has 0 aliphatic rings. The van der Waals surface area contributed by atoms with Crippen LogP contribution in [-0.2, 0) is 0 Å². The summed E-state index contributed by atoms with van der Waals surface area (Å²) in [5.41, 5.74) is 3.64. The van der Waals surface area contributed by atoms with Gasteiger partial charge in [0.2, 0.25) is 0 Å². The lowest BCUT2D eigenvalue weighted by molar-refractivity contribution is 0.0913. The Morgan fingerprint density at radius 3 is 2.62 bits per heavy atom. The molecule has 124 valence electrons. The lowest BCUT2D eigenvalue weighted by Gasteiger charge is -2.17. The normalized spacial score (nSPS) is 12.2. The molecule has 24 heavy (non-hydrogen) atoms. The van der Waals surface area contributed by atoms with E-state index in [2.05, 4.69) is 5.32 Å². The van der Waals surface area contributed by atoms with Gasteiger partial charge < -0.3 is 14.5 Å². The van der Waals surface area contributed by atoms with Gasteiger partial charge in [-0.1, -0.05) is 35.9 Å². The van der Waals surface area contributed by atoms with Crippen LogP contribution in [0, 0.1) is 13.8 Å². The first-order chi connectivity index (χ1) is 11.5. The van der Waals surface area contributed by atoms with Crippen LogP contribution in [0.5, 0.6) is 5.75 Å². The molecule has 4 heteroatoms. The van der Waals surface area contributed by atoms with Gasteiger partial charge in [-0.2, -0.15) is 0 Å². The van der Waals surface area contributed by atoms with Crippen LogP contribution in [0.2, 0.25) is 0 Å². The summed E-state index contributed by atoms with van der Waals surface area (Å²) in [4.78, 5) is 12.7. The highest BCUT2D eigenvalue weighted by Gasteiger charge is 2.21. The van der Waals surface area contributed by atoms with E-state index in [0.717, 1.165) is 33.4 Å². The Morgan fingerprint density at radius 1 is 1.17 bits per heavy atom. The highest BCUT2D eigenvalue weighted by atomic mass is 16.5. The van der Waals surface area contributed by atoms with Crippen molar-refractivity contribution in [3.05, 3.63) is 64.9 Å². The number of carbonyl (C=O) groups is 1. The number of nitrogens with one attached hydrogen (secondary N) is 1. The summed E-state index contributed by atoms with van der Waals surface area (Å²) in [5.74, 6) is 0.893. The van der Waals surface area contributed by atoms with Crippen molar-refractivity contribution in [1.82, 2.24) is 5.32 Å². The van der Waals surface area contributed by atoms with E-state index >= 15 is 0 Å². The fraction of sp³-hybridized carbons (Fsp3) is 0.250. The van der Waals surface area contributed by atoms with E-state index in [1.54, 1.807) is 7.11 Å². The van der Waals surface area contributed by atoms with Crippen LogP contribution < -0.4 is 10.1 Å². The van der Waals surface area contributed by atoms with Crippen molar-refractivity contribution in [3.8, 4) is 5.75 Å². The molecule has 3 rings (SSSR count). The predicted octanol–water partition coefficient (Wildman–Crippen LogP) is 4.55. The van der Waals surface area contributed by atoms with Crippen molar-refractivity contribution < 1.29 is 13.9 Å². The Labute approximate surface area is 141 Å². The fourth-order valence-electron chi connectivity index (χ4n) is 2.92. The maximum Gasteiger partial charge on any atom is 0.287 e. The number of hydrogen-bond acceptors (Lipinski definition) is 3. The van der Waals surface area contributed by atoms with Crippen LogP contribution in [0.25, 0.3) is 11.0 Å². The smallest absolute Gasteiger partial charge is 0.287 e. The molecule has 2 aromatic carbocycles. The topological polar surface area (TPSA) is 51.5 Å². The number of benzene rings is 2. The molecule has 0 spiro atoms. The Kier molecular flexibility index (Phi) is 4.30. The molecule has 4 nitrogen and oxygen atoms in total. The van der Waals surface area contributed by atoms with Crippen molar-refractivity contribution in [2.75, 3.05) is 7.11 Å². The number of aryl methyl sites for hydroxylation is 2. The number of para-hydroxylation sites is 1. The average molecular weight is 323 g/mol. The predicted molar refractivity (Wildman–Crippen MR) is 94.6 cm³/mol. The number of furan rings is 1. The number of carbonyl (C=O) groups excluding carboxylic acids is 1. The van der Waals surface area contributed by atoms with Crippen LogP contribution in [0.3, 0.4) is 0 Å². The van der Waals surface area contributed by atoms with Crippen LogP contribution in [0.15, 0.2) is 46.9 Å². The number of rotatable bonds is 4. The van der Waals surface area contributed by atoms with Crippen molar-refractivity contribution >= 4 is 16.9 Å². The zero-order valence-electron chi connectivity index (χ0n) is 14.3. The van der Waals surface area contributed by atoms with Gasteiger partial charge in [0.1, 0.15) is 11.3 Å². The second-order valence-corrected chi connectivity index (χ2v) is 5.99. The molecule has 1 atom stereocenters. The van der Waals surface area contributed by atoms with Gasteiger partial charge in [-0.25, -0.2) is 0 Å². The largest absolute Gasteiger partial charge is 0.496 e. The number of fused-ring (bicyclic) bond motifs is 1. The third kappa shape index (κ3) is 2.87. The van der Waals surface area contributed by atoms with Gasteiger partial charge in [0.05, 0.1) is 13.2 Å². The molecule has 0 fully saturated rings. The molecule has 1 heterocycles. The van der Waals surface area contributed by atoms with Gasteiger partial charge in [0.25, 0.3) is 5.91 Å². The number of hydrogen-bond donors (Lipinski definition) is 1. The van der Waals surface area contributed by atoms with Crippen LogP contribution in [0.1, 0.15) is 40.2 Å². The summed E-state index contributed by atoms with van der Waals surface area (Å²) in [5, 5.41) is 3.97. The lowest BCUT2D eigenvalue weighted by Crippen LogP contribution is -2.27. The number of methoxy groups -OCH3 is 1. The Hall–Kier alpha value is -2.75.